The average Bonchev–Trinajstić information content (AvgIpc) is 2.90. The van der Waals surface area contributed by atoms with Gasteiger partial charge in [0.05, 0.1) is 12.2 Å². The number of thioether (sulfide) groups is 1. The van der Waals surface area contributed by atoms with Crippen LogP contribution in [0.15, 0.2) is 65.5 Å². The fourth-order valence-corrected chi connectivity index (χ4v) is 5.33. The molecule has 3 aromatic rings. The highest BCUT2D eigenvalue weighted by molar-refractivity contribution is 7.98. The highest BCUT2D eigenvalue weighted by Gasteiger charge is 2.29. The van der Waals surface area contributed by atoms with E-state index in [9.17, 15) is 9.59 Å². The molecule has 0 saturated heterocycles. The Morgan fingerprint density at radius 2 is 1.65 bits per heavy atom. The molecule has 1 amide bonds. The molecule has 0 unspecified atom stereocenters. The zero-order valence-corrected chi connectivity index (χ0v) is 25.6. The Hall–Kier alpha value is -3.10. The van der Waals surface area contributed by atoms with E-state index in [-0.39, 0.29) is 41.0 Å². The Morgan fingerprint density at radius 3 is 2.25 bits per heavy atom. The van der Waals surface area contributed by atoms with Crippen LogP contribution in [-0.2, 0) is 23.2 Å². The quantitative estimate of drug-likeness (QED) is 0.263. The number of ether oxygens (including phenoxy) is 2. The molecule has 0 atom stereocenters. The van der Waals surface area contributed by atoms with Gasteiger partial charge in [-0.05, 0) is 50.5 Å². The number of aromatic nitrogens is 2. The van der Waals surface area contributed by atoms with Crippen molar-refractivity contribution in [2.24, 2.45) is 0 Å². The van der Waals surface area contributed by atoms with E-state index >= 15 is 0 Å². The van der Waals surface area contributed by atoms with E-state index in [4.69, 9.17) is 14.5 Å². The Balaban J connectivity index is 1.95. The van der Waals surface area contributed by atoms with Crippen molar-refractivity contribution in [1.82, 2.24) is 14.9 Å². The highest BCUT2D eigenvalue weighted by atomic mass is 32.2. The second-order valence-electron chi connectivity index (χ2n) is 11.5. The lowest BCUT2D eigenvalue weighted by molar-refractivity contribution is -0.0112. The van der Waals surface area contributed by atoms with E-state index in [2.05, 4.69) is 31.0 Å². The van der Waals surface area contributed by atoms with Gasteiger partial charge in [-0.1, -0.05) is 74.5 Å². The Labute approximate surface area is 242 Å². The van der Waals surface area contributed by atoms with Crippen LogP contribution in [0.4, 0.5) is 0 Å². The summed E-state index contributed by atoms with van der Waals surface area (Å²) in [5.74, 6) is 0.866. The van der Waals surface area contributed by atoms with E-state index in [1.807, 2.05) is 82.5 Å². The number of nitrogens with one attached hydrogen (secondary N) is 1. The molecule has 2 aromatic carbocycles. The lowest BCUT2D eigenvalue weighted by Crippen LogP contribution is -2.42. The van der Waals surface area contributed by atoms with Gasteiger partial charge in [0, 0.05) is 24.8 Å². The number of hydrogen-bond acceptors (Lipinski definition) is 6. The predicted molar refractivity (Wildman–Crippen MR) is 163 cm³/mol. The molecule has 0 aliphatic rings. The largest absolute Gasteiger partial charge is 0.481 e. The summed E-state index contributed by atoms with van der Waals surface area (Å²) in [7, 11) is 0. The molecule has 0 spiro atoms. The molecular formula is C32H43N3O4S. The summed E-state index contributed by atoms with van der Waals surface area (Å²) in [4.78, 5) is 36.7. The third-order valence-corrected chi connectivity index (χ3v) is 7.70. The van der Waals surface area contributed by atoms with Crippen LogP contribution in [0.3, 0.4) is 0 Å². The molecule has 0 aliphatic carbocycles. The standard InChI is InChI=1S/C32H43N3O4S/c1-23(2)35(18-19-39-32(5,6)22-40-7)30(37)27-28(38-21-24-14-10-8-11-15-24)29(36)34-26(33-27)20-31(3,4)25-16-12-9-13-17-25/h8-17,23H,18-22H2,1-7H3,(H,33,34,36). The Morgan fingerprint density at radius 1 is 1.02 bits per heavy atom. The predicted octanol–water partition coefficient (Wildman–Crippen LogP) is 5.88. The summed E-state index contributed by atoms with van der Waals surface area (Å²) >= 11 is 1.72. The molecule has 1 heterocycles. The van der Waals surface area contributed by atoms with Crippen molar-refractivity contribution in [3.8, 4) is 5.75 Å². The minimum atomic E-state index is -0.464. The maximum absolute atomic E-state index is 14.0. The molecule has 1 aromatic heterocycles. The van der Waals surface area contributed by atoms with Crippen LogP contribution in [0, 0.1) is 0 Å². The second kappa shape index (κ2) is 14.0. The van der Waals surface area contributed by atoms with E-state index in [1.165, 1.54) is 0 Å². The number of benzene rings is 2. The van der Waals surface area contributed by atoms with Crippen LogP contribution in [0.25, 0.3) is 0 Å². The average molecular weight is 566 g/mol. The van der Waals surface area contributed by atoms with E-state index in [1.54, 1.807) is 16.7 Å². The normalized spacial score (nSPS) is 12.0. The van der Waals surface area contributed by atoms with Gasteiger partial charge >= 0.3 is 0 Å². The smallest absolute Gasteiger partial charge is 0.294 e. The first kappa shape index (κ1) is 31.4. The zero-order valence-electron chi connectivity index (χ0n) is 24.8. The molecule has 40 heavy (non-hydrogen) atoms. The first-order valence-corrected chi connectivity index (χ1v) is 15.1. The molecule has 3 rings (SSSR count). The third kappa shape index (κ3) is 8.70. The van der Waals surface area contributed by atoms with Gasteiger partial charge in [0.25, 0.3) is 11.5 Å². The van der Waals surface area contributed by atoms with Crippen LogP contribution in [0.2, 0.25) is 0 Å². The summed E-state index contributed by atoms with van der Waals surface area (Å²) < 4.78 is 12.1. The maximum atomic E-state index is 14.0. The summed E-state index contributed by atoms with van der Waals surface area (Å²) in [5.41, 5.74) is 0.930. The summed E-state index contributed by atoms with van der Waals surface area (Å²) in [5, 5.41) is 0. The minimum absolute atomic E-state index is 0.0237. The van der Waals surface area contributed by atoms with Gasteiger partial charge in [0.15, 0.2) is 5.69 Å². The molecule has 0 fully saturated rings. The fraction of sp³-hybridized carbons (Fsp3) is 0.469. The van der Waals surface area contributed by atoms with Crippen molar-refractivity contribution < 1.29 is 14.3 Å². The summed E-state index contributed by atoms with van der Waals surface area (Å²) in [6, 6.07) is 19.5. The number of carbonyl (C=O) groups excluding carboxylic acids is 1. The van der Waals surface area contributed by atoms with Gasteiger partial charge in [-0.25, -0.2) is 4.98 Å². The molecule has 216 valence electrons. The molecule has 8 heteroatoms. The monoisotopic (exact) mass is 565 g/mol. The highest BCUT2D eigenvalue weighted by Crippen LogP contribution is 2.27. The van der Waals surface area contributed by atoms with Crippen LogP contribution < -0.4 is 10.3 Å². The van der Waals surface area contributed by atoms with Gasteiger partial charge in [0.2, 0.25) is 5.75 Å². The van der Waals surface area contributed by atoms with Crippen LogP contribution in [-0.4, -0.2) is 57.6 Å². The van der Waals surface area contributed by atoms with Crippen molar-refractivity contribution in [1.29, 1.82) is 0 Å². The number of hydrogen-bond donors (Lipinski definition) is 1. The summed E-state index contributed by atoms with van der Waals surface area (Å²) in [6.45, 7) is 13.0. The molecule has 1 N–H and O–H groups in total. The maximum Gasteiger partial charge on any atom is 0.294 e. The topological polar surface area (TPSA) is 84.5 Å². The van der Waals surface area contributed by atoms with Crippen molar-refractivity contribution in [2.75, 3.05) is 25.2 Å². The molecule has 7 nitrogen and oxygen atoms in total. The van der Waals surface area contributed by atoms with Gasteiger partial charge in [0.1, 0.15) is 12.4 Å². The zero-order chi connectivity index (χ0) is 29.3. The van der Waals surface area contributed by atoms with E-state index < -0.39 is 5.56 Å². The number of carbonyl (C=O) groups is 1. The number of aromatic amines is 1. The summed E-state index contributed by atoms with van der Waals surface area (Å²) in [6.07, 6.45) is 2.49. The van der Waals surface area contributed by atoms with Crippen LogP contribution in [0.1, 0.15) is 69.0 Å². The molecule has 0 radical (unpaired) electrons. The van der Waals surface area contributed by atoms with Crippen molar-refractivity contribution in [3.63, 3.8) is 0 Å². The van der Waals surface area contributed by atoms with E-state index in [0.717, 1.165) is 16.9 Å². The first-order chi connectivity index (χ1) is 18.9. The Bertz CT molecular complexity index is 1290. The van der Waals surface area contributed by atoms with Crippen LogP contribution >= 0.6 is 11.8 Å². The van der Waals surface area contributed by atoms with Gasteiger partial charge in [-0.3, -0.25) is 9.59 Å². The number of rotatable bonds is 14. The van der Waals surface area contributed by atoms with Gasteiger partial charge in [-0.15, -0.1) is 0 Å². The lowest BCUT2D eigenvalue weighted by Gasteiger charge is -2.30. The number of nitrogens with zero attached hydrogens (tertiary/aromatic N) is 2. The second-order valence-corrected chi connectivity index (χ2v) is 12.4. The van der Waals surface area contributed by atoms with Crippen LogP contribution in [0.5, 0.6) is 5.75 Å². The molecule has 0 bridgehead atoms. The molecular weight excluding hydrogens is 522 g/mol. The number of amides is 1. The fourth-order valence-electron chi connectivity index (χ4n) is 4.55. The van der Waals surface area contributed by atoms with Gasteiger partial charge in [-0.2, -0.15) is 11.8 Å². The van der Waals surface area contributed by atoms with Crippen molar-refractivity contribution in [3.05, 3.63) is 93.7 Å². The third-order valence-electron chi connectivity index (χ3n) is 6.72. The number of H-pyrrole nitrogens is 1. The van der Waals surface area contributed by atoms with Gasteiger partial charge < -0.3 is 19.4 Å². The SMILES string of the molecule is CSCC(C)(C)OCCN(C(=O)c1nc(CC(C)(C)c2ccccc2)[nH]c(=O)c1OCc1ccccc1)C(C)C. The molecule has 0 saturated carbocycles. The first-order valence-electron chi connectivity index (χ1n) is 13.7. The molecule has 0 aliphatic heterocycles. The lowest BCUT2D eigenvalue weighted by atomic mass is 9.81. The van der Waals surface area contributed by atoms with E-state index in [0.29, 0.717) is 25.4 Å². The van der Waals surface area contributed by atoms with Crippen molar-refractivity contribution in [2.45, 2.75) is 71.6 Å². The minimum Gasteiger partial charge on any atom is -0.481 e. The van der Waals surface area contributed by atoms with Crippen molar-refractivity contribution >= 4 is 17.7 Å². The Kier molecular flexibility index (Phi) is 11.0.